The van der Waals surface area contributed by atoms with E-state index in [4.69, 9.17) is 148 Å². The van der Waals surface area contributed by atoms with E-state index in [0.717, 1.165) is 28.4 Å². The third-order valence-corrected chi connectivity index (χ3v) is 20.3. The van der Waals surface area contributed by atoms with Gasteiger partial charge in [0, 0.05) is 11.1 Å². The molecular weight excluding hydrogens is 2020 g/mol. The summed E-state index contributed by atoms with van der Waals surface area (Å²) in [6.45, 7) is 4.70. The van der Waals surface area contributed by atoms with Gasteiger partial charge in [-0.25, -0.2) is 124 Å². The van der Waals surface area contributed by atoms with Gasteiger partial charge >= 0.3 is 35.8 Å². The molecule has 0 fully saturated rings. The number of nitrogens with two attached hydrogens (primary N) is 6. The number of ketones is 1. The molecule has 0 spiro atoms. The second kappa shape index (κ2) is 50.9. The summed E-state index contributed by atoms with van der Waals surface area (Å²) in [4.78, 5) is 141. The summed E-state index contributed by atoms with van der Waals surface area (Å²) in [5.41, 5.74) is 31.4. The topological polar surface area (TPSA) is 558 Å². The van der Waals surface area contributed by atoms with E-state index >= 15 is 0 Å². The summed E-state index contributed by atoms with van der Waals surface area (Å²) < 4.78 is 170. The highest BCUT2D eigenvalue weighted by atomic mass is 35.5. The van der Waals surface area contributed by atoms with E-state index in [-0.39, 0.29) is 207 Å². The van der Waals surface area contributed by atoms with E-state index < -0.39 is 100 Å². The Morgan fingerprint density at radius 2 is 0.542 bits per heavy atom. The zero-order chi connectivity index (χ0) is 106. The fourth-order valence-electron chi connectivity index (χ4n) is 12.0. The van der Waals surface area contributed by atoms with Crippen molar-refractivity contribution in [2.24, 2.45) is 0 Å². The van der Waals surface area contributed by atoms with Gasteiger partial charge in [-0.05, 0) is 93.6 Å². The Morgan fingerprint density at radius 3 is 0.789 bits per heavy atom. The van der Waals surface area contributed by atoms with Gasteiger partial charge in [-0.2, -0.15) is 0 Å². The number of aromatic nitrogens is 12. The molecule has 744 valence electrons. The normalized spacial score (nSPS) is 10.5. The number of ether oxygens (including phenoxy) is 12. The maximum Gasteiger partial charge on any atom is 0.358 e. The van der Waals surface area contributed by atoms with Gasteiger partial charge in [0.2, 0.25) is 0 Å². The average Bonchev–Trinajstić information content (AvgIpc) is 0.785. The predicted molar refractivity (Wildman–Crippen MR) is 506 cm³/mol. The zero-order valence-corrected chi connectivity index (χ0v) is 80.8. The van der Waals surface area contributed by atoms with E-state index in [2.05, 4.69) is 84.7 Å². The van der Waals surface area contributed by atoms with Gasteiger partial charge in [0.1, 0.15) is 34.9 Å². The Hall–Kier alpha value is -16.2. The number of terminal acetylenes is 1. The van der Waals surface area contributed by atoms with Crippen molar-refractivity contribution in [3.8, 4) is 115 Å². The van der Waals surface area contributed by atoms with Crippen molar-refractivity contribution in [3.05, 3.63) is 218 Å². The third-order valence-electron chi connectivity index (χ3n) is 18.5. The minimum absolute atomic E-state index is 0.000121. The molecular formula is C90H76Cl6F8N18O20. The molecule has 0 atom stereocenters. The smallest absolute Gasteiger partial charge is 0.358 e. The summed E-state index contributed by atoms with van der Waals surface area (Å²) in [7, 11) is 14.4. The Labute approximate surface area is 829 Å². The molecule has 0 aliphatic rings. The van der Waals surface area contributed by atoms with E-state index in [1.54, 1.807) is 38.2 Å². The molecule has 0 aliphatic carbocycles. The average molecular weight is 2090 g/mol. The first-order valence-corrected chi connectivity index (χ1v) is 41.3. The second-order valence-corrected chi connectivity index (χ2v) is 29.3. The van der Waals surface area contributed by atoms with Crippen LogP contribution in [0.5, 0.6) is 34.5 Å². The van der Waals surface area contributed by atoms with Gasteiger partial charge in [0.15, 0.2) is 151 Å². The molecule has 12 aromatic rings. The highest BCUT2D eigenvalue weighted by molar-refractivity contribution is 6.34. The molecule has 12 N–H and O–H groups in total. The predicted octanol–water partition coefficient (Wildman–Crippen LogP) is 16.9. The maximum absolute atomic E-state index is 14.6. The molecule has 142 heavy (non-hydrogen) atoms. The zero-order valence-electron chi connectivity index (χ0n) is 76.3. The van der Waals surface area contributed by atoms with Gasteiger partial charge in [-0.15, -0.1) is 6.42 Å². The number of Topliss-reactive ketones (excluding diaryl/α,β-unsaturated/α-hetero) is 1. The molecule has 0 aliphatic heterocycles. The number of esters is 6. The lowest BCUT2D eigenvalue weighted by Crippen LogP contribution is -2.16. The molecule has 0 unspecified atom stereocenters. The van der Waals surface area contributed by atoms with Crippen LogP contribution in [0.4, 0.5) is 70.0 Å². The third kappa shape index (κ3) is 25.3. The number of nitrogen functional groups attached to an aromatic ring is 6. The van der Waals surface area contributed by atoms with Crippen LogP contribution >= 0.6 is 69.6 Å². The lowest BCUT2D eigenvalue weighted by Gasteiger charge is -2.13. The first-order chi connectivity index (χ1) is 67.4. The van der Waals surface area contributed by atoms with Crippen LogP contribution in [-0.4, -0.2) is 193 Å². The molecule has 0 bridgehead atoms. The van der Waals surface area contributed by atoms with Gasteiger partial charge in [-0.3, -0.25) is 9.59 Å². The molecule has 6 aromatic heterocycles. The monoisotopic (exact) mass is 2090 g/mol. The molecule has 52 heteroatoms. The van der Waals surface area contributed by atoms with Crippen molar-refractivity contribution in [2.75, 3.05) is 120 Å². The molecule has 6 heterocycles. The number of rotatable bonds is 23. The van der Waals surface area contributed by atoms with Crippen molar-refractivity contribution in [1.82, 2.24) is 59.8 Å². The van der Waals surface area contributed by atoms with Gasteiger partial charge < -0.3 is 91.2 Å². The van der Waals surface area contributed by atoms with E-state index in [1.807, 2.05) is 0 Å². The summed E-state index contributed by atoms with van der Waals surface area (Å²) in [6, 6.07) is 16.3. The molecule has 38 nitrogen and oxygen atoms in total. The van der Waals surface area contributed by atoms with E-state index in [1.165, 1.54) is 137 Å². The van der Waals surface area contributed by atoms with Crippen molar-refractivity contribution in [2.45, 2.75) is 27.2 Å². The molecule has 0 saturated carbocycles. The first-order valence-electron chi connectivity index (χ1n) is 39.0. The number of allylic oxidation sites excluding steroid dienone is 2. The van der Waals surface area contributed by atoms with Crippen LogP contribution < -0.4 is 62.8 Å². The van der Waals surface area contributed by atoms with Crippen LogP contribution in [0.15, 0.2) is 84.9 Å². The quantitative estimate of drug-likeness (QED) is 0.00865. The first kappa shape index (κ1) is 113. The Kier molecular flexibility index (Phi) is 40.4. The SMILES string of the molecule is C#Cc1c(N)nc(-c2ccc(Cl)c(OC)c2F)nc1C(=O)OC.C/C=C/c1c(N)nc(-c2ccc(Cl)c(OC)c2F)nc1C(=O)OC.C/C=C\c1c(N)nc(-c2ccc(Cl)c(OC)c2F)nc1C(=O)OC.COC(=O)c1nc(-c2ccc(Cl)c(OC)c2F)nc(N)c1C(C)=O.COC(=O)c1nc(-c2ccc(Cl)c(OC)c2F)nc(N)c1C(F)F.COC(=O)c1nc(-c2ccc(Cl)c(OC)c2F)nc(N)c1C=O. The van der Waals surface area contributed by atoms with Crippen LogP contribution in [0.1, 0.15) is 133 Å². The number of hydrogen-bond donors (Lipinski definition) is 6. The number of methoxy groups -OCH3 is 12. The lowest BCUT2D eigenvalue weighted by molar-refractivity contribution is 0.0575. The van der Waals surface area contributed by atoms with Crippen molar-refractivity contribution < 1.29 is 130 Å². The fraction of sp³-hybridized carbons (Fsp3) is 0.178. The van der Waals surface area contributed by atoms with Gasteiger partial charge in [0.05, 0.1) is 171 Å². The summed E-state index contributed by atoms with van der Waals surface area (Å²) in [6.07, 6.45) is 9.00. The van der Waals surface area contributed by atoms with E-state index in [9.17, 15) is 73.5 Å². The van der Waals surface area contributed by atoms with Crippen molar-refractivity contribution in [3.63, 3.8) is 0 Å². The standard InChI is InChI=1S/2C16H15ClFN3O3.C15H13ClFN3O4.C15H11ClFN3O3.C14H11ClF3N3O3.C14H11ClFN3O4/c2*1-4-5-9-12(16(22)24-3)20-15(21-14(9)19)8-6-7-10(17)13(23-2)11(8)18;1-6(21)9-11(15(22)24-3)19-14(20-13(9)18)7-4-5-8(16)12(23-2)10(7)17;1-4-7-11(15(21)23-3)19-14(20-13(7)18)8-5-6-9(16)12(22-2)10(8)17;1-23-10-6(15)4-3-5(8(10)16)13-20-9(14(22)24-2)7(11(17)18)12(19)21-13;1-22-11-8(15)4-3-6(9(11)16)13-18-10(14(21)23-2)7(5-20)12(17)19-13/h2*4-7H,1-3H3,(H2,19,20,21);4-5H,1-3H3,(H2,18,19,20);1,5-6H,2-3H3,(H2,18,19,20);3-4,11H,1-2H3,(H2,19,20,21);3-5H,1-2H3,(H2,17,18,19)/b5-4+;5-4-;;;;. The molecule has 0 radical (unpaired) electrons. The number of benzene rings is 6. The molecule has 0 saturated heterocycles. The van der Waals surface area contributed by atoms with Gasteiger partial charge in [0.25, 0.3) is 6.43 Å². The molecule has 0 amide bonds. The Bertz CT molecular complexity index is 6900. The van der Waals surface area contributed by atoms with E-state index in [0.29, 0.717) is 17.4 Å². The molecule has 6 aromatic carbocycles. The van der Waals surface area contributed by atoms with Crippen LogP contribution in [0, 0.1) is 47.2 Å². The van der Waals surface area contributed by atoms with Crippen LogP contribution in [0.3, 0.4) is 0 Å². The van der Waals surface area contributed by atoms with Gasteiger partial charge in [-0.1, -0.05) is 99.8 Å². The van der Waals surface area contributed by atoms with Crippen LogP contribution in [0.25, 0.3) is 80.5 Å². The number of hydrogen-bond acceptors (Lipinski definition) is 38. The number of carbonyl (C=O) groups excluding carboxylic acids is 8. The highest BCUT2D eigenvalue weighted by Gasteiger charge is 2.33. The summed E-state index contributed by atoms with van der Waals surface area (Å²) in [5.74, 6) is -11.9. The van der Waals surface area contributed by atoms with Crippen molar-refractivity contribution in [1.29, 1.82) is 0 Å². The largest absolute Gasteiger partial charge is 0.492 e. The van der Waals surface area contributed by atoms with Crippen LogP contribution in [-0.2, 0) is 28.4 Å². The Balaban J connectivity index is 0.000000231. The number of alkyl halides is 2. The lowest BCUT2D eigenvalue weighted by atomic mass is 10.1. The minimum Gasteiger partial charge on any atom is -0.492 e. The summed E-state index contributed by atoms with van der Waals surface area (Å²) in [5, 5.41) is 0.384. The molecule has 12 rings (SSSR count). The summed E-state index contributed by atoms with van der Waals surface area (Å²) >= 11 is 35.0. The van der Waals surface area contributed by atoms with Crippen molar-refractivity contribution >= 4 is 165 Å². The van der Waals surface area contributed by atoms with Crippen LogP contribution in [0.2, 0.25) is 30.1 Å². The second-order valence-electron chi connectivity index (χ2n) is 26.8. The number of halogens is 14. The highest BCUT2D eigenvalue weighted by Crippen LogP contribution is 2.43. The number of nitrogens with zero attached hydrogens (tertiary/aromatic N) is 12. The minimum atomic E-state index is -3.11. The number of carbonyl (C=O) groups is 8. The number of aldehydes is 1. The number of anilines is 6. The Morgan fingerprint density at radius 1 is 0.324 bits per heavy atom. The fourth-order valence-corrected chi connectivity index (χ4v) is 13.3. The maximum atomic E-state index is 14.6.